The molecule has 0 bridgehead atoms. The van der Waals surface area contributed by atoms with E-state index < -0.39 is 0 Å². The average molecular weight is 325 g/mol. The minimum absolute atomic E-state index is 0. The second-order valence-electron chi connectivity index (χ2n) is 5.91. The minimum atomic E-state index is 0. The number of nitrogens with one attached hydrogen (secondary N) is 1. The van der Waals surface area contributed by atoms with Gasteiger partial charge in [0.05, 0.1) is 12.0 Å². The Morgan fingerprint density at radius 3 is 2.59 bits per heavy atom. The molecule has 1 aromatic carbocycles. The van der Waals surface area contributed by atoms with Gasteiger partial charge in [-0.3, -0.25) is 4.79 Å². The molecule has 1 fully saturated rings. The summed E-state index contributed by atoms with van der Waals surface area (Å²) in [7, 11) is 0. The predicted molar refractivity (Wildman–Crippen MR) is 94.3 cm³/mol. The Hall–Kier alpha value is -1.06. The molecule has 0 aliphatic carbocycles. The monoisotopic (exact) mass is 324 g/mol. The number of nitrogens with zero attached hydrogens (tertiary/aromatic N) is 1. The molecule has 2 atom stereocenters. The smallest absolute Gasteiger partial charge is 0.227 e. The van der Waals surface area contributed by atoms with Gasteiger partial charge in [-0.05, 0) is 31.4 Å². The number of hydrogen-bond acceptors (Lipinski definition) is 2. The van der Waals surface area contributed by atoms with Crippen LogP contribution < -0.4 is 5.32 Å². The quantitative estimate of drug-likeness (QED) is 0.827. The van der Waals surface area contributed by atoms with E-state index in [0.29, 0.717) is 5.91 Å². The third-order valence-electron chi connectivity index (χ3n) is 4.39. The molecule has 0 spiro atoms. The molecular formula is C18H29ClN2O. The molecule has 0 radical (unpaired) electrons. The van der Waals surface area contributed by atoms with Crippen molar-refractivity contribution in [1.82, 2.24) is 10.2 Å². The number of amides is 1. The van der Waals surface area contributed by atoms with Gasteiger partial charge < -0.3 is 10.2 Å². The summed E-state index contributed by atoms with van der Waals surface area (Å²) in [5.41, 5.74) is 1.26. The van der Waals surface area contributed by atoms with Crippen LogP contribution in [0.5, 0.6) is 0 Å². The van der Waals surface area contributed by atoms with Crippen LogP contribution >= 0.6 is 12.4 Å². The molecule has 1 amide bonds. The van der Waals surface area contributed by atoms with Gasteiger partial charge in [0.1, 0.15) is 0 Å². The molecule has 0 aromatic heterocycles. The summed E-state index contributed by atoms with van der Waals surface area (Å²) in [5, 5.41) is 3.31. The van der Waals surface area contributed by atoms with Crippen LogP contribution in [-0.2, 0) is 4.79 Å². The Balaban J connectivity index is 0.00000242. The van der Waals surface area contributed by atoms with Gasteiger partial charge in [-0.15, -0.1) is 12.4 Å². The van der Waals surface area contributed by atoms with E-state index in [0.717, 1.165) is 45.3 Å². The number of carbonyl (C=O) groups is 1. The van der Waals surface area contributed by atoms with Crippen molar-refractivity contribution in [2.24, 2.45) is 5.92 Å². The fraction of sp³-hybridized carbons (Fsp3) is 0.611. The summed E-state index contributed by atoms with van der Waals surface area (Å²) in [6.07, 6.45) is 4.15. The lowest BCUT2D eigenvalue weighted by molar-refractivity contribution is -0.137. The van der Waals surface area contributed by atoms with E-state index >= 15 is 0 Å². The largest absolute Gasteiger partial charge is 0.335 e. The first-order valence-electron chi connectivity index (χ1n) is 8.34. The van der Waals surface area contributed by atoms with Gasteiger partial charge in [-0.25, -0.2) is 0 Å². The highest BCUT2D eigenvalue weighted by Gasteiger charge is 2.30. The third-order valence-corrected chi connectivity index (χ3v) is 4.39. The molecule has 0 saturated carbocycles. The van der Waals surface area contributed by atoms with E-state index in [9.17, 15) is 4.79 Å². The standard InChI is InChI=1S/C18H28N2O.ClH/c1-3-5-13-20(18(21)16-11-12-19-14-16)17(4-2)15-9-7-6-8-10-15;/h6-10,16-17,19H,3-5,11-14H2,1-2H3;1H. The highest BCUT2D eigenvalue weighted by Crippen LogP contribution is 2.27. The number of hydrogen-bond donors (Lipinski definition) is 1. The lowest BCUT2D eigenvalue weighted by atomic mass is 9.99. The number of rotatable bonds is 7. The average Bonchev–Trinajstić information content (AvgIpc) is 3.06. The number of unbranched alkanes of at least 4 members (excludes halogenated alkanes) is 1. The van der Waals surface area contributed by atoms with E-state index in [4.69, 9.17) is 0 Å². The zero-order valence-electron chi connectivity index (χ0n) is 13.8. The molecule has 124 valence electrons. The SMILES string of the molecule is CCCCN(C(=O)C1CCNC1)C(CC)c1ccccc1.Cl. The molecule has 2 unspecified atom stereocenters. The van der Waals surface area contributed by atoms with Crippen molar-refractivity contribution >= 4 is 18.3 Å². The van der Waals surface area contributed by atoms with Crippen LogP contribution in [0.4, 0.5) is 0 Å². The molecule has 1 heterocycles. The van der Waals surface area contributed by atoms with Gasteiger partial charge in [0, 0.05) is 13.1 Å². The highest BCUT2D eigenvalue weighted by atomic mass is 35.5. The summed E-state index contributed by atoms with van der Waals surface area (Å²) in [6.45, 7) is 7.05. The van der Waals surface area contributed by atoms with Crippen LogP contribution in [0.25, 0.3) is 0 Å². The van der Waals surface area contributed by atoms with Crippen LogP contribution in [0.2, 0.25) is 0 Å². The predicted octanol–water partition coefficient (Wildman–Crippen LogP) is 3.80. The Morgan fingerprint density at radius 2 is 2.05 bits per heavy atom. The zero-order chi connectivity index (χ0) is 15.1. The first-order chi connectivity index (χ1) is 10.3. The first kappa shape index (κ1) is 19.0. The second-order valence-corrected chi connectivity index (χ2v) is 5.91. The van der Waals surface area contributed by atoms with Crippen LogP contribution in [0.1, 0.15) is 51.1 Å². The van der Waals surface area contributed by atoms with Crippen molar-refractivity contribution < 1.29 is 4.79 Å². The molecule has 1 saturated heterocycles. The van der Waals surface area contributed by atoms with Crippen molar-refractivity contribution in [2.75, 3.05) is 19.6 Å². The molecule has 1 aromatic rings. The summed E-state index contributed by atoms with van der Waals surface area (Å²) in [5.74, 6) is 0.503. The van der Waals surface area contributed by atoms with Crippen molar-refractivity contribution in [2.45, 2.75) is 45.6 Å². The van der Waals surface area contributed by atoms with Crippen LogP contribution in [-0.4, -0.2) is 30.4 Å². The van der Waals surface area contributed by atoms with Gasteiger partial charge in [-0.1, -0.05) is 50.6 Å². The van der Waals surface area contributed by atoms with Crippen molar-refractivity contribution in [3.63, 3.8) is 0 Å². The summed E-state index contributed by atoms with van der Waals surface area (Å²) < 4.78 is 0. The third kappa shape index (κ3) is 4.72. The topological polar surface area (TPSA) is 32.3 Å². The van der Waals surface area contributed by atoms with E-state index in [1.165, 1.54) is 5.56 Å². The van der Waals surface area contributed by atoms with E-state index in [-0.39, 0.29) is 24.4 Å². The zero-order valence-corrected chi connectivity index (χ0v) is 14.6. The first-order valence-corrected chi connectivity index (χ1v) is 8.34. The maximum atomic E-state index is 12.9. The highest BCUT2D eigenvalue weighted by molar-refractivity contribution is 5.85. The lowest BCUT2D eigenvalue weighted by Gasteiger charge is -2.33. The van der Waals surface area contributed by atoms with Crippen molar-refractivity contribution in [3.8, 4) is 0 Å². The second kappa shape index (κ2) is 9.86. The Bertz CT molecular complexity index is 432. The van der Waals surface area contributed by atoms with Gasteiger partial charge >= 0.3 is 0 Å². The molecule has 1 N–H and O–H groups in total. The number of carbonyl (C=O) groups excluding carboxylic acids is 1. The summed E-state index contributed by atoms with van der Waals surface area (Å²) in [6, 6.07) is 10.7. The van der Waals surface area contributed by atoms with E-state index in [1.807, 2.05) is 6.07 Å². The van der Waals surface area contributed by atoms with Crippen LogP contribution in [0.15, 0.2) is 30.3 Å². The maximum Gasteiger partial charge on any atom is 0.227 e. The van der Waals surface area contributed by atoms with Gasteiger partial charge in [0.25, 0.3) is 0 Å². The summed E-state index contributed by atoms with van der Waals surface area (Å²) >= 11 is 0. The Morgan fingerprint density at radius 1 is 1.32 bits per heavy atom. The maximum absolute atomic E-state index is 12.9. The van der Waals surface area contributed by atoms with Crippen LogP contribution in [0, 0.1) is 5.92 Å². The molecule has 2 rings (SSSR count). The number of benzene rings is 1. The summed E-state index contributed by atoms with van der Waals surface area (Å²) in [4.78, 5) is 15.0. The Labute approximate surface area is 140 Å². The lowest BCUT2D eigenvalue weighted by Crippen LogP contribution is -2.40. The molecule has 1 aliphatic heterocycles. The molecule has 22 heavy (non-hydrogen) atoms. The minimum Gasteiger partial charge on any atom is -0.335 e. The van der Waals surface area contributed by atoms with Crippen molar-refractivity contribution in [1.29, 1.82) is 0 Å². The van der Waals surface area contributed by atoms with Gasteiger partial charge in [0.2, 0.25) is 5.91 Å². The van der Waals surface area contributed by atoms with Crippen LogP contribution in [0.3, 0.4) is 0 Å². The van der Waals surface area contributed by atoms with Gasteiger partial charge in [0.15, 0.2) is 0 Å². The number of halogens is 1. The fourth-order valence-corrected chi connectivity index (χ4v) is 3.16. The molecular weight excluding hydrogens is 296 g/mol. The van der Waals surface area contributed by atoms with E-state index in [1.54, 1.807) is 0 Å². The molecule has 1 aliphatic rings. The fourth-order valence-electron chi connectivity index (χ4n) is 3.16. The normalized spacial score (nSPS) is 18.5. The van der Waals surface area contributed by atoms with Gasteiger partial charge in [-0.2, -0.15) is 0 Å². The molecule has 4 heteroatoms. The molecule has 3 nitrogen and oxygen atoms in total. The van der Waals surface area contributed by atoms with E-state index in [2.05, 4.69) is 48.3 Å². The van der Waals surface area contributed by atoms with Crippen molar-refractivity contribution in [3.05, 3.63) is 35.9 Å². The Kier molecular flexibility index (Phi) is 8.51.